The van der Waals surface area contributed by atoms with Gasteiger partial charge in [0.05, 0.1) is 13.2 Å². The minimum absolute atomic E-state index is 0.155. The van der Waals surface area contributed by atoms with Crippen LogP contribution in [0.5, 0.6) is 0 Å². The molecule has 5 nitrogen and oxygen atoms in total. The number of piperidine rings is 1. The number of nitrogens with one attached hydrogen (secondary N) is 1. The average Bonchev–Trinajstić information content (AvgIpc) is 2.84. The second-order valence-corrected chi connectivity index (χ2v) is 5.90. The van der Waals surface area contributed by atoms with E-state index in [1.807, 2.05) is 0 Å². The van der Waals surface area contributed by atoms with Gasteiger partial charge in [0.15, 0.2) is 5.79 Å². The van der Waals surface area contributed by atoms with Crippen molar-refractivity contribution < 1.29 is 14.3 Å². The fourth-order valence-corrected chi connectivity index (χ4v) is 2.57. The molecule has 0 aliphatic carbocycles. The number of likely N-dealkylation sites (tertiary alicyclic amines) is 1. The van der Waals surface area contributed by atoms with Gasteiger partial charge in [-0.3, -0.25) is 4.79 Å². The summed E-state index contributed by atoms with van der Waals surface area (Å²) in [5.41, 5.74) is 0. The van der Waals surface area contributed by atoms with Gasteiger partial charge in [0.2, 0.25) is 5.91 Å². The van der Waals surface area contributed by atoms with E-state index in [1.165, 1.54) is 0 Å². The topological polar surface area (TPSA) is 50.8 Å². The molecule has 5 heteroatoms. The molecule has 2 heterocycles. The first kappa shape index (κ1) is 14.8. The van der Waals surface area contributed by atoms with Crippen molar-refractivity contribution in [1.82, 2.24) is 10.2 Å². The van der Waals surface area contributed by atoms with Gasteiger partial charge in [0.1, 0.15) is 0 Å². The zero-order chi connectivity index (χ0) is 13.7. The van der Waals surface area contributed by atoms with Gasteiger partial charge in [0.25, 0.3) is 0 Å². The highest BCUT2D eigenvalue weighted by atomic mass is 16.7. The van der Waals surface area contributed by atoms with Crippen molar-refractivity contribution in [3.63, 3.8) is 0 Å². The molecule has 0 bridgehead atoms. The lowest BCUT2D eigenvalue weighted by molar-refractivity contribution is -0.185. The highest BCUT2D eigenvalue weighted by Crippen LogP contribution is 2.31. The number of nitrogens with zero attached hydrogens (tertiary/aromatic N) is 1. The summed E-state index contributed by atoms with van der Waals surface area (Å²) in [5, 5.41) is 2.96. The van der Waals surface area contributed by atoms with Gasteiger partial charge < -0.3 is 19.7 Å². The van der Waals surface area contributed by atoms with Gasteiger partial charge in [-0.1, -0.05) is 13.8 Å². The maximum absolute atomic E-state index is 11.7. The highest BCUT2D eigenvalue weighted by molar-refractivity contribution is 5.76. The number of carbonyl (C=O) groups excluding carboxylic acids is 1. The molecule has 0 radical (unpaired) electrons. The number of hydrogen-bond donors (Lipinski definition) is 1. The Morgan fingerprint density at radius 3 is 2.47 bits per heavy atom. The van der Waals surface area contributed by atoms with Crippen molar-refractivity contribution in [3.05, 3.63) is 0 Å². The molecule has 2 saturated heterocycles. The minimum atomic E-state index is -0.309. The van der Waals surface area contributed by atoms with E-state index in [4.69, 9.17) is 9.47 Å². The SMILES string of the molecule is CC(C)CNC(=O)CCN1CCC2(CC1)OCCO2. The molecule has 2 aliphatic heterocycles. The second-order valence-electron chi connectivity index (χ2n) is 5.90. The Hall–Kier alpha value is -0.650. The van der Waals surface area contributed by atoms with Crippen molar-refractivity contribution in [2.45, 2.75) is 38.9 Å². The summed E-state index contributed by atoms with van der Waals surface area (Å²) in [6, 6.07) is 0. The fraction of sp³-hybridized carbons (Fsp3) is 0.929. The van der Waals surface area contributed by atoms with Crippen LogP contribution >= 0.6 is 0 Å². The number of amides is 1. The zero-order valence-electron chi connectivity index (χ0n) is 12.1. The summed E-state index contributed by atoms with van der Waals surface area (Å²) in [6.07, 6.45) is 2.42. The molecule has 2 fully saturated rings. The Balaban J connectivity index is 1.61. The van der Waals surface area contributed by atoms with Gasteiger partial charge in [-0.05, 0) is 5.92 Å². The van der Waals surface area contributed by atoms with Crippen molar-refractivity contribution in [2.75, 3.05) is 39.4 Å². The Kier molecular flexibility index (Phi) is 5.19. The molecular weight excluding hydrogens is 244 g/mol. The molecule has 0 unspecified atom stereocenters. The third kappa shape index (κ3) is 4.44. The van der Waals surface area contributed by atoms with Crippen LogP contribution in [0, 0.1) is 5.92 Å². The number of hydrogen-bond acceptors (Lipinski definition) is 4. The molecule has 2 aliphatic rings. The van der Waals surface area contributed by atoms with Gasteiger partial charge in [0, 0.05) is 45.4 Å². The molecule has 1 spiro atoms. The van der Waals surface area contributed by atoms with Crippen LogP contribution in [0.25, 0.3) is 0 Å². The first-order valence-electron chi connectivity index (χ1n) is 7.37. The summed E-state index contributed by atoms with van der Waals surface area (Å²) in [7, 11) is 0. The molecule has 1 N–H and O–H groups in total. The van der Waals surface area contributed by atoms with Crippen LogP contribution in [0.4, 0.5) is 0 Å². The van der Waals surface area contributed by atoms with E-state index in [-0.39, 0.29) is 11.7 Å². The summed E-state index contributed by atoms with van der Waals surface area (Å²) < 4.78 is 11.4. The van der Waals surface area contributed by atoms with Crippen LogP contribution in [0.15, 0.2) is 0 Å². The van der Waals surface area contributed by atoms with E-state index in [0.717, 1.165) is 52.2 Å². The maximum Gasteiger partial charge on any atom is 0.221 e. The van der Waals surface area contributed by atoms with Gasteiger partial charge in [-0.2, -0.15) is 0 Å². The predicted octanol–water partition coefficient (Wildman–Crippen LogP) is 0.988. The summed E-state index contributed by atoms with van der Waals surface area (Å²) >= 11 is 0. The number of rotatable bonds is 5. The molecule has 0 aromatic rings. The minimum Gasteiger partial charge on any atom is -0.356 e. The lowest BCUT2D eigenvalue weighted by Gasteiger charge is -2.37. The highest BCUT2D eigenvalue weighted by Gasteiger charge is 2.39. The van der Waals surface area contributed by atoms with Crippen molar-refractivity contribution in [2.24, 2.45) is 5.92 Å². The van der Waals surface area contributed by atoms with E-state index in [2.05, 4.69) is 24.1 Å². The predicted molar refractivity (Wildman–Crippen MR) is 72.8 cm³/mol. The smallest absolute Gasteiger partial charge is 0.221 e. The zero-order valence-corrected chi connectivity index (χ0v) is 12.1. The van der Waals surface area contributed by atoms with Crippen LogP contribution in [0.3, 0.4) is 0 Å². The van der Waals surface area contributed by atoms with E-state index >= 15 is 0 Å². The van der Waals surface area contributed by atoms with Gasteiger partial charge in [-0.25, -0.2) is 0 Å². The van der Waals surface area contributed by atoms with E-state index < -0.39 is 0 Å². The van der Waals surface area contributed by atoms with Crippen LogP contribution < -0.4 is 5.32 Å². The molecule has 1 amide bonds. The van der Waals surface area contributed by atoms with Crippen LogP contribution in [0.2, 0.25) is 0 Å². The summed E-state index contributed by atoms with van der Waals surface area (Å²) in [4.78, 5) is 14.0. The third-order valence-electron chi connectivity index (χ3n) is 3.79. The van der Waals surface area contributed by atoms with Crippen LogP contribution in [0.1, 0.15) is 33.1 Å². The number of carbonyl (C=O) groups is 1. The van der Waals surface area contributed by atoms with E-state index in [1.54, 1.807) is 0 Å². The summed E-state index contributed by atoms with van der Waals surface area (Å²) in [5.74, 6) is 0.356. The lowest BCUT2D eigenvalue weighted by atomic mass is 10.0. The van der Waals surface area contributed by atoms with Gasteiger partial charge >= 0.3 is 0 Å². The van der Waals surface area contributed by atoms with Gasteiger partial charge in [-0.15, -0.1) is 0 Å². The monoisotopic (exact) mass is 270 g/mol. The first-order valence-corrected chi connectivity index (χ1v) is 7.37. The van der Waals surface area contributed by atoms with Crippen LogP contribution in [-0.2, 0) is 14.3 Å². The fourth-order valence-electron chi connectivity index (χ4n) is 2.57. The van der Waals surface area contributed by atoms with E-state index in [0.29, 0.717) is 12.3 Å². The molecular formula is C14H26N2O3. The van der Waals surface area contributed by atoms with Crippen LogP contribution in [-0.4, -0.2) is 56.0 Å². The maximum atomic E-state index is 11.7. The van der Waals surface area contributed by atoms with Crippen molar-refractivity contribution >= 4 is 5.91 Å². The Morgan fingerprint density at radius 2 is 1.89 bits per heavy atom. The lowest BCUT2D eigenvalue weighted by Crippen LogP contribution is -2.46. The molecule has 0 aromatic heterocycles. The normalized spacial score (nSPS) is 23.1. The third-order valence-corrected chi connectivity index (χ3v) is 3.79. The molecule has 0 aromatic carbocycles. The quantitative estimate of drug-likeness (QED) is 0.809. The van der Waals surface area contributed by atoms with E-state index in [9.17, 15) is 4.79 Å². The average molecular weight is 270 g/mol. The van der Waals surface area contributed by atoms with Crippen molar-refractivity contribution in [3.8, 4) is 0 Å². The molecule has 19 heavy (non-hydrogen) atoms. The molecule has 0 atom stereocenters. The first-order chi connectivity index (χ1) is 9.10. The Bertz CT molecular complexity index is 291. The van der Waals surface area contributed by atoms with Crippen molar-refractivity contribution in [1.29, 1.82) is 0 Å². The number of ether oxygens (including phenoxy) is 2. The second kappa shape index (κ2) is 6.68. The molecule has 0 saturated carbocycles. The standard InChI is InChI=1S/C14H26N2O3/c1-12(2)11-15-13(17)3-6-16-7-4-14(5-8-16)18-9-10-19-14/h12H,3-11H2,1-2H3,(H,15,17). The Morgan fingerprint density at radius 1 is 1.26 bits per heavy atom. The largest absolute Gasteiger partial charge is 0.356 e. The Labute approximate surface area is 115 Å². The molecule has 2 rings (SSSR count). The molecule has 110 valence electrons. The summed E-state index contributed by atoms with van der Waals surface area (Å²) in [6.45, 7) is 9.16.